The van der Waals surface area contributed by atoms with Crippen LogP contribution in [0.1, 0.15) is 27.9 Å². The maximum Gasteiger partial charge on any atom is 0.203 e. The van der Waals surface area contributed by atoms with Gasteiger partial charge in [0.05, 0.1) is 35.5 Å². The quantitative estimate of drug-likeness (QED) is 0.185. The smallest absolute Gasteiger partial charge is 0.203 e. The Balaban J connectivity index is 1.79. The monoisotopic (exact) mass is 493 g/mol. The van der Waals surface area contributed by atoms with Crippen molar-refractivity contribution in [3.63, 3.8) is 0 Å². The van der Waals surface area contributed by atoms with E-state index in [0.717, 1.165) is 17.2 Å². The Morgan fingerprint density at radius 3 is 1.94 bits per heavy atom. The van der Waals surface area contributed by atoms with Crippen LogP contribution in [0.3, 0.4) is 0 Å². The van der Waals surface area contributed by atoms with Crippen molar-refractivity contribution < 1.29 is 32.9 Å². The van der Waals surface area contributed by atoms with E-state index in [1.807, 2.05) is 36.4 Å². The lowest BCUT2D eigenvalue weighted by Crippen LogP contribution is -2.01. The summed E-state index contributed by atoms with van der Waals surface area (Å²) in [5.74, 6) is 1.41. The predicted molar refractivity (Wildman–Crippen MR) is 138 cm³/mol. The average molecular weight is 494 g/mol. The summed E-state index contributed by atoms with van der Waals surface area (Å²) in [6.45, 7) is 0. The average Bonchev–Trinajstić information content (AvgIpc) is 2.91. The molecular weight excluding hydrogens is 465 g/mol. The van der Waals surface area contributed by atoms with Crippen LogP contribution in [0.2, 0.25) is 0 Å². The first kappa shape index (κ1) is 26.3. The van der Waals surface area contributed by atoms with Gasteiger partial charge in [0.2, 0.25) is 5.75 Å². The maximum atomic E-state index is 13.9. The Bertz CT molecular complexity index is 1260. The van der Waals surface area contributed by atoms with Crippen molar-refractivity contribution in [2.24, 2.45) is 4.99 Å². The molecule has 0 fully saturated rings. The number of Topliss-reactive ketones (excluding diaryl/α,β-unsaturated/α-hetero) is 1. The van der Waals surface area contributed by atoms with Gasteiger partial charge in [0.25, 0.3) is 0 Å². The van der Waals surface area contributed by atoms with Crippen LogP contribution in [0, 0.1) is 5.82 Å². The highest BCUT2D eigenvalue weighted by Gasteiger charge is 2.12. The van der Waals surface area contributed by atoms with Crippen molar-refractivity contribution in [1.29, 1.82) is 0 Å². The number of rotatable bonds is 11. The molecule has 0 atom stereocenters. The fourth-order valence-electron chi connectivity index (χ4n) is 3.49. The maximum absolute atomic E-state index is 13.9. The third-order valence-corrected chi connectivity index (χ3v) is 5.34. The Hall–Kier alpha value is -4.33. The first-order chi connectivity index (χ1) is 17.4. The molecule has 0 aliphatic carbocycles. The van der Waals surface area contributed by atoms with E-state index in [-0.39, 0.29) is 23.5 Å². The van der Waals surface area contributed by atoms with Crippen LogP contribution in [-0.2, 0) is 0 Å². The van der Waals surface area contributed by atoms with E-state index < -0.39 is 5.82 Å². The number of benzene rings is 3. The summed E-state index contributed by atoms with van der Waals surface area (Å²) in [4.78, 5) is 16.9. The molecule has 0 aliphatic heterocycles. The standard InChI is InChI=1S/C28H28FNO6/c1-32-24-11-9-20(17-21(24)29)23(31)12-13-30-22-14-18(8-10-25(22)33-2)6-7-19-15-26(34-3)28(36-5)27(16-19)35-4/h6-11,13-17H,12H2,1-5H3/b7-6-,30-13?. The zero-order valence-electron chi connectivity index (χ0n) is 20.8. The minimum Gasteiger partial charge on any atom is -0.494 e. The third-order valence-electron chi connectivity index (χ3n) is 5.34. The lowest BCUT2D eigenvalue weighted by atomic mass is 10.1. The van der Waals surface area contributed by atoms with Crippen LogP contribution in [0.4, 0.5) is 10.1 Å². The summed E-state index contributed by atoms with van der Waals surface area (Å²) in [5.41, 5.74) is 2.51. The Morgan fingerprint density at radius 2 is 1.36 bits per heavy atom. The van der Waals surface area contributed by atoms with Gasteiger partial charge in [-0.1, -0.05) is 18.2 Å². The molecule has 0 N–H and O–H groups in total. The lowest BCUT2D eigenvalue weighted by Gasteiger charge is -2.12. The summed E-state index contributed by atoms with van der Waals surface area (Å²) in [5, 5.41) is 0. The van der Waals surface area contributed by atoms with E-state index in [1.165, 1.54) is 25.5 Å². The van der Waals surface area contributed by atoms with Gasteiger partial charge in [0.15, 0.2) is 28.8 Å². The van der Waals surface area contributed by atoms with Crippen LogP contribution < -0.4 is 23.7 Å². The second kappa shape index (κ2) is 12.4. The molecule has 0 aromatic heterocycles. The van der Waals surface area contributed by atoms with Gasteiger partial charge >= 0.3 is 0 Å². The first-order valence-corrected chi connectivity index (χ1v) is 11.0. The number of aliphatic imine (C=N–C) groups is 1. The lowest BCUT2D eigenvalue weighted by molar-refractivity contribution is 0.100. The van der Waals surface area contributed by atoms with E-state index >= 15 is 0 Å². The van der Waals surface area contributed by atoms with E-state index in [1.54, 1.807) is 34.5 Å². The summed E-state index contributed by atoms with van der Waals surface area (Å²) in [6, 6.07) is 13.3. The molecule has 0 amide bonds. The number of ketones is 1. The molecule has 3 rings (SSSR count). The van der Waals surface area contributed by atoms with Gasteiger partial charge in [-0.15, -0.1) is 0 Å². The highest BCUT2D eigenvalue weighted by molar-refractivity contribution is 6.04. The Labute approximate surface area is 209 Å². The highest BCUT2D eigenvalue weighted by Crippen LogP contribution is 2.38. The molecule has 0 heterocycles. The topological polar surface area (TPSA) is 75.6 Å². The predicted octanol–water partition coefficient (Wildman–Crippen LogP) is 6.01. The van der Waals surface area contributed by atoms with E-state index in [4.69, 9.17) is 23.7 Å². The second-order valence-corrected chi connectivity index (χ2v) is 7.51. The highest BCUT2D eigenvalue weighted by atomic mass is 19.1. The van der Waals surface area contributed by atoms with Gasteiger partial charge in [-0.2, -0.15) is 0 Å². The van der Waals surface area contributed by atoms with Crippen LogP contribution in [-0.4, -0.2) is 47.5 Å². The summed E-state index contributed by atoms with van der Waals surface area (Å²) >= 11 is 0. The first-order valence-electron chi connectivity index (χ1n) is 11.0. The number of ether oxygens (including phenoxy) is 5. The summed E-state index contributed by atoms with van der Waals surface area (Å²) in [7, 11) is 7.60. The van der Waals surface area contributed by atoms with Gasteiger partial charge in [-0.25, -0.2) is 4.39 Å². The van der Waals surface area contributed by atoms with Crippen LogP contribution in [0.15, 0.2) is 53.5 Å². The molecule has 8 heteroatoms. The minimum atomic E-state index is -0.589. The summed E-state index contributed by atoms with van der Waals surface area (Å²) in [6.07, 6.45) is 5.29. The molecule has 7 nitrogen and oxygen atoms in total. The molecule has 0 aliphatic rings. The van der Waals surface area contributed by atoms with Crippen molar-refractivity contribution in [1.82, 2.24) is 0 Å². The molecule has 0 saturated heterocycles. The fourth-order valence-corrected chi connectivity index (χ4v) is 3.49. The van der Waals surface area contributed by atoms with Gasteiger partial charge in [-0.3, -0.25) is 9.79 Å². The fraction of sp³-hybridized carbons (Fsp3) is 0.214. The Kier molecular flexibility index (Phi) is 9.05. The van der Waals surface area contributed by atoms with Crippen molar-refractivity contribution >= 4 is 29.8 Å². The number of methoxy groups -OCH3 is 5. The molecule has 0 saturated carbocycles. The van der Waals surface area contributed by atoms with Gasteiger partial charge in [0, 0.05) is 18.2 Å². The molecular formula is C28H28FNO6. The van der Waals surface area contributed by atoms with Crippen molar-refractivity contribution in [3.8, 4) is 28.7 Å². The van der Waals surface area contributed by atoms with Crippen molar-refractivity contribution in [2.45, 2.75) is 6.42 Å². The van der Waals surface area contributed by atoms with Gasteiger partial charge < -0.3 is 23.7 Å². The summed E-state index contributed by atoms with van der Waals surface area (Å²) < 4.78 is 40.4. The van der Waals surface area contributed by atoms with Gasteiger partial charge in [0.1, 0.15) is 11.4 Å². The molecule has 0 unspecified atom stereocenters. The molecule has 3 aromatic rings. The number of halogens is 1. The molecule has 0 bridgehead atoms. The Morgan fingerprint density at radius 1 is 0.750 bits per heavy atom. The molecule has 0 radical (unpaired) electrons. The van der Waals surface area contributed by atoms with Crippen LogP contribution >= 0.6 is 0 Å². The third kappa shape index (κ3) is 6.21. The number of carbonyl (C=O) groups excluding carboxylic acids is 1. The minimum absolute atomic E-state index is 0.000424. The van der Waals surface area contributed by atoms with E-state index in [0.29, 0.717) is 28.7 Å². The zero-order valence-corrected chi connectivity index (χ0v) is 20.8. The number of carbonyl (C=O) groups is 1. The van der Waals surface area contributed by atoms with Gasteiger partial charge in [-0.05, 0) is 53.6 Å². The number of hydrogen-bond acceptors (Lipinski definition) is 7. The van der Waals surface area contributed by atoms with Crippen molar-refractivity contribution in [2.75, 3.05) is 35.5 Å². The van der Waals surface area contributed by atoms with E-state index in [9.17, 15) is 9.18 Å². The molecule has 0 spiro atoms. The zero-order chi connectivity index (χ0) is 26.1. The second-order valence-electron chi connectivity index (χ2n) is 7.51. The largest absolute Gasteiger partial charge is 0.494 e. The number of nitrogens with zero attached hydrogens (tertiary/aromatic N) is 1. The molecule has 36 heavy (non-hydrogen) atoms. The van der Waals surface area contributed by atoms with E-state index in [2.05, 4.69) is 4.99 Å². The normalized spacial score (nSPS) is 11.1. The SMILES string of the molecule is COc1ccc(C(=O)CC=Nc2cc(/C=C\c3cc(OC)c(OC)c(OC)c3)ccc2OC)cc1F. The number of hydrogen-bond donors (Lipinski definition) is 0. The van der Waals surface area contributed by atoms with Crippen molar-refractivity contribution in [3.05, 3.63) is 71.0 Å². The van der Waals surface area contributed by atoms with Crippen LogP contribution in [0.25, 0.3) is 12.2 Å². The van der Waals surface area contributed by atoms with Crippen LogP contribution in [0.5, 0.6) is 28.7 Å². The molecule has 3 aromatic carbocycles. The molecule has 188 valence electrons.